The molecule has 0 amide bonds. The van der Waals surface area contributed by atoms with E-state index < -0.39 is 7.32 Å². The van der Waals surface area contributed by atoms with Crippen molar-refractivity contribution < 1.29 is 19.7 Å². The summed E-state index contributed by atoms with van der Waals surface area (Å²) in [5.41, 5.74) is 0.855. The van der Waals surface area contributed by atoms with Crippen LogP contribution in [-0.2, 0) is 4.81 Å². The summed E-state index contributed by atoms with van der Waals surface area (Å²) >= 11 is 0. The first-order valence-corrected chi connectivity index (χ1v) is 3.44. The van der Waals surface area contributed by atoms with Gasteiger partial charge < -0.3 is 9.68 Å². The van der Waals surface area contributed by atoms with Crippen molar-refractivity contribution in [2.24, 2.45) is 0 Å². The van der Waals surface area contributed by atoms with Crippen molar-refractivity contribution >= 4 is 7.32 Å². The average Bonchev–Trinajstić information content (AvgIpc) is 2.09. The maximum absolute atomic E-state index is 8.74. The monoisotopic (exact) mass is 168 g/mol. The highest BCUT2D eigenvalue weighted by atomic mass is 17.1. The SMILES string of the molecule is Cc1ccccc1OB(O)OO. The smallest absolute Gasteiger partial charge is 0.510 e. The summed E-state index contributed by atoms with van der Waals surface area (Å²) in [7, 11) is -1.63. The standard InChI is InChI=1S/C7H9BO4/c1-6-4-2-3-5-7(6)11-8(9)12-10/h2-5,9-10H,1H3. The lowest BCUT2D eigenvalue weighted by Crippen LogP contribution is -2.24. The van der Waals surface area contributed by atoms with Crippen LogP contribution >= 0.6 is 0 Å². The maximum Gasteiger partial charge on any atom is 0.738 e. The molecule has 2 N–H and O–H groups in total. The summed E-state index contributed by atoms with van der Waals surface area (Å²) < 4.78 is 4.78. The predicted octanol–water partition coefficient (Wildman–Crippen LogP) is 0.841. The Morgan fingerprint density at radius 3 is 2.58 bits per heavy atom. The van der Waals surface area contributed by atoms with Gasteiger partial charge in [0.2, 0.25) is 0 Å². The Morgan fingerprint density at radius 2 is 2.00 bits per heavy atom. The Bertz CT molecular complexity index is 253. The van der Waals surface area contributed by atoms with Crippen LogP contribution in [0.4, 0.5) is 0 Å². The molecule has 0 aliphatic carbocycles. The number of hydrogen-bond acceptors (Lipinski definition) is 4. The van der Waals surface area contributed by atoms with E-state index in [4.69, 9.17) is 14.9 Å². The molecule has 0 atom stereocenters. The summed E-state index contributed by atoms with van der Waals surface area (Å²) in [5.74, 6) is 0.471. The quantitative estimate of drug-likeness (QED) is 0.398. The van der Waals surface area contributed by atoms with Gasteiger partial charge in [0, 0.05) is 0 Å². The van der Waals surface area contributed by atoms with Crippen LogP contribution in [0.2, 0.25) is 0 Å². The Labute approximate surface area is 70.5 Å². The second kappa shape index (κ2) is 4.11. The molecule has 0 aliphatic rings. The molecule has 0 spiro atoms. The first kappa shape index (κ1) is 9.06. The molecule has 0 heterocycles. The average molecular weight is 168 g/mol. The minimum absolute atomic E-state index is 0.471. The first-order valence-electron chi connectivity index (χ1n) is 3.44. The Balaban J connectivity index is 2.69. The van der Waals surface area contributed by atoms with Gasteiger partial charge in [-0.25, -0.2) is 4.81 Å². The van der Waals surface area contributed by atoms with Gasteiger partial charge in [-0.15, -0.1) is 0 Å². The second-order valence-corrected chi connectivity index (χ2v) is 2.30. The highest BCUT2D eigenvalue weighted by molar-refractivity contribution is 6.35. The molecule has 1 rings (SSSR count). The van der Waals surface area contributed by atoms with Crippen molar-refractivity contribution in [1.29, 1.82) is 0 Å². The molecular weight excluding hydrogens is 159 g/mol. The highest BCUT2D eigenvalue weighted by Gasteiger charge is 2.18. The predicted molar refractivity (Wildman–Crippen MR) is 43.5 cm³/mol. The third-order valence-corrected chi connectivity index (χ3v) is 1.41. The minimum Gasteiger partial charge on any atom is -0.510 e. The summed E-state index contributed by atoms with van der Waals surface area (Å²) in [6.07, 6.45) is 0. The largest absolute Gasteiger partial charge is 0.738 e. The molecule has 0 saturated heterocycles. The van der Waals surface area contributed by atoms with Gasteiger partial charge in [0.15, 0.2) is 0 Å². The van der Waals surface area contributed by atoms with Gasteiger partial charge in [-0.2, -0.15) is 0 Å². The molecule has 0 radical (unpaired) electrons. The van der Waals surface area contributed by atoms with E-state index >= 15 is 0 Å². The fourth-order valence-electron chi connectivity index (χ4n) is 0.819. The number of para-hydroxylation sites is 1. The molecule has 0 bridgehead atoms. The van der Waals surface area contributed by atoms with Crippen LogP contribution in [-0.4, -0.2) is 17.6 Å². The Hall–Kier alpha value is -1.04. The minimum atomic E-state index is -1.63. The normalized spacial score (nSPS) is 9.58. The zero-order valence-electron chi connectivity index (χ0n) is 6.60. The molecule has 0 unspecified atom stereocenters. The van der Waals surface area contributed by atoms with E-state index in [1.54, 1.807) is 12.1 Å². The summed E-state index contributed by atoms with van der Waals surface area (Å²) in [6.45, 7) is 1.82. The summed E-state index contributed by atoms with van der Waals surface area (Å²) in [6, 6.07) is 7.08. The lowest BCUT2D eigenvalue weighted by Gasteiger charge is -2.07. The van der Waals surface area contributed by atoms with Gasteiger partial charge in [0.25, 0.3) is 0 Å². The van der Waals surface area contributed by atoms with Crippen LogP contribution in [0.5, 0.6) is 5.75 Å². The van der Waals surface area contributed by atoms with Gasteiger partial charge in [-0.1, -0.05) is 18.2 Å². The third-order valence-electron chi connectivity index (χ3n) is 1.41. The lowest BCUT2D eigenvalue weighted by atomic mass is 10.2. The molecule has 0 fully saturated rings. The fraction of sp³-hybridized carbons (Fsp3) is 0.143. The Morgan fingerprint density at radius 1 is 1.33 bits per heavy atom. The van der Waals surface area contributed by atoms with E-state index in [2.05, 4.69) is 4.81 Å². The zero-order valence-corrected chi connectivity index (χ0v) is 6.60. The highest BCUT2D eigenvalue weighted by Crippen LogP contribution is 2.16. The number of rotatable bonds is 3. The van der Waals surface area contributed by atoms with Crippen molar-refractivity contribution in [3.63, 3.8) is 0 Å². The number of hydrogen-bond donors (Lipinski definition) is 2. The van der Waals surface area contributed by atoms with Crippen molar-refractivity contribution in [3.05, 3.63) is 29.8 Å². The molecular formula is C7H9BO4. The first-order chi connectivity index (χ1) is 5.74. The molecule has 0 aliphatic heterocycles. The maximum atomic E-state index is 8.74. The number of aryl methyl sites for hydroxylation is 1. The van der Waals surface area contributed by atoms with Crippen LogP contribution in [0, 0.1) is 6.92 Å². The Kier molecular flexibility index (Phi) is 3.10. The summed E-state index contributed by atoms with van der Waals surface area (Å²) in [5, 5.41) is 16.8. The lowest BCUT2D eigenvalue weighted by molar-refractivity contribution is -0.171. The molecule has 5 heteroatoms. The van der Waals surface area contributed by atoms with E-state index in [1.807, 2.05) is 19.1 Å². The fourth-order valence-corrected chi connectivity index (χ4v) is 0.819. The van der Waals surface area contributed by atoms with Gasteiger partial charge in [-0.3, -0.25) is 5.26 Å². The van der Waals surface area contributed by atoms with Crippen molar-refractivity contribution in [1.82, 2.24) is 0 Å². The van der Waals surface area contributed by atoms with Crippen LogP contribution in [0.1, 0.15) is 5.56 Å². The zero-order chi connectivity index (χ0) is 8.97. The van der Waals surface area contributed by atoms with Crippen molar-refractivity contribution in [2.75, 3.05) is 0 Å². The third kappa shape index (κ3) is 2.23. The van der Waals surface area contributed by atoms with E-state index in [1.165, 1.54) is 0 Å². The van der Waals surface area contributed by atoms with Crippen LogP contribution in [0.3, 0.4) is 0 Å². The molecule has 0 saturated carbocycles. The van der Waals surface area contributed by atoms with E-state index in [0.717, 1.165) is 5.56 Å². The summed E-state index contributed by atoms with van der Waals surface area (Å²) in [4.78, 5) is 3.54. The van der Waals surface area contributed by atoms with Crippen LogP contribution in [0.25, 0.3) is 0 Å². The molecule has 1 aromatic carbocycles. The molecule has 64 valence electrons. The van der Waals surface area contributed by atoms with E-state index in [9.17, 15) is 0 Å². The van der Waals surface area contributed by atoms with Crippen LogP contribution < -0.4 is 4.65 Å². The molecule has 0 aromatic heterocycles. The van der Waals surface area contributed by atoms with Crippen molar-refractivity contribution in [2.45, 2.75) is 6.92 Å². The van der Waals surface area contributed by atoms with E-state index in [-0.39, 0.29) is 0 Å². The van der Waals surface area contributed by atoms with Crippen LogP contribution in [0.15, 0.2) is 24.3 Å². The second-order valence-electron chi connectivity index (χ2n) is 2.30. The topological polar surface area (TPSA) is 58.9 Å². The van der Waals surface area contributed by atoms with Gasteiger partial charge >= 0.3 is 7.32 Å². The van der Waals surface area contributed by atoms with E-state index in [0.29, 0.717) is 5.75 Å². The molecule has 1 aromatic rings. The molecule has 4 nitrogen and oxygen atoms in total. The van der Waals surface area contributed by atoms with Crippen molar-refractivity contribution in [3.8, 4) is 5.75 Å². The van der Waals surface area contributed by atoms with Gasteiger partial charge in [0.1, 0.15) is 5.75 Å². The molecule has 12 heavy (non-hydrogen) atoms. The van der Waals surface area contributed by atoms with Gasteiger partial charge in [-0.05, 0) is 18.6 Å². The van der Waals surface area contributed by atoms with Gasteiger partial charge in [0.05, 0.1) is 0 Å². The number of benzene rings is 1.